The van der Waals surface area contributed by atoms with Gasteiger partial charge in [0, 0.05) is 26.6 Å². The van der Waals surface area contributed by atoms with Gasteiger partial charge < -0.3 is 24.5 Å². The van der Waals surface area contributed by atoms with Gasteiger partial charge in [0.1, 0.15) is 6.61 Å². The lowest BCUT2D eigenvalue weighted by atomic mass is 10.0. The normalized spacial score (nSPS) is 18.9. The first-order chi connectivity index (χ1) is 16.7. The van der Waals surface area contributed by atoms with Crippen LogP contribution < -0.4 is 0 Å². The number of quaternary nitrogens is 1. The molecular weight excluding hydrogens is 479 g/mol. The number of aliphatic hydroxyl groups is 1. The summed E-state index contributed by atoms with van der Waals surface area (Å²) in [4.78, 5) is 14.6. The van der Waals surface area contributed by atoms with Crippen LogP contribution in [-0.4, -0.2) is 85.7 Å². The van der Waals surface area contributed by atoms with E-state index < -0.39 is 13.8 Å². The number of carbonyl (C=O) groups is 1. The van der Waals surface area contributed by atoms with Gasteiger partial charge in [-0.2, -0.15) is 0 Å². The molecule has 1 rings (SSSR count). The largest absolute Gasteiger partial charge is 0.870 e. The van der Waals surface area contributed by atoms with Crippen LogP contribution in [0, 0.1) is 0 Å². The average molecular weight is 537 g/mol. The summed E-state index contributed by atoms with van der Waals surface area (Å²) in [7, 11) is 3.60. The molecule has 0 bridgehead atoms. The lowest BCUT2D eigenvalue weighted by Gasteiger charge is -2.39. The highest BCUT2D eigenvalue weighted by molar-refractivity contribution is 7.54. The molecule has 1 fully saturated rings. The molecule has 1 amide bonds. The van der Waals surface area contributed by atoms with Crippen molar-refractivity contribution < 1.29 is 33.5 Å². The molecule has 1 aliphatic heterocycles. The first-order valence-corrected chi connectivity index (χ1v) is 15.8. The van der Waals surface area contributed by atoms with E-state index in [4.69, 9.17) is 9.05 Å². The molecule has 3 unspecified atom stereocenters. The molecule has 9 heteroatoms. The number of aliphatic hydroxyl groups excluding tert-OH is 1. The van der Waals surface area contributed by atoms with Gasteiger partial charge in [0.05, 0.1) is 26.8 Å². The molecule has 0 aromatic carbocycles. The fourth-order valence-electron chi connectivity index (χ4n) is 4.76. The zero-order chi connectivity index (χ0) is 26.2. The van der Waals surface area contributed by atoms with Crippen molar-refractivity contribution in [2.24, 2.45) is 0 Å². The van der Waals surface area contributed by atoms with Gasteiger partial charge in [0.2, 0.25) is 12.1 Å². The lowest BCUT2D eigenvalue weighted by Crippen LogP contribution is -2.49. The highest BCUT2D eigenvalue weighted by atomic mass is 31.2. The first-order valence-electron chi connectivity index (χ1n) is 14.2. The standard InChI is InChI=1S/C27H56N2O5P.H2O/c1-6-7-8-9-10-11-12-13-14-15-16-17-18-21-26(31)28-22-19-20-25(23-28)35(32,33-5)34-27(24-30)29(2,3)4;/h25,27,30H,6-24H2,1-5H3;1H2/q+1;/p-1. The predicted molar refractivity (Wildman–Crippen MR) is 146 cm³/mol. The predicted octanol–water partition coefficient (Wildman–Crippen LogP) is 6.16. The van der Waals surface area contributed by atoms with Crippen LogP contribution in [0.1, 0.15) is 110 Å². The maximum Gasteiger partial charge on any atom is 0.339 e. The molecule has 216 valence electrons. The Bertz CT molecular complexity index is 614. The second-order valence-corrected chi connectivity index (χ2v) is 13.6. The second kappa shape index (κ2) is 19.6. The molecule has 0 radical (unpaired) electrons. The average Bonchev–Trinajstić information content (AvgIpc) is 2.84. The number of rotatable bonds is 20. The molecular formula is C27H57N2O6P. The van der Waals surface area contributed by atoms with Crippen molar-refractivity contribution in [3.05, 3.63) is 0 Å². The molecule has 0 aromatic heterocycles. The van der Waals surface area contributed by atoms with Crippen molar-refractivity contribution in [1.29, 1.82) is 0 Å². The summed E-state index contributed by atoms with van der Waals surface area (Å²) in [6, 6.07) is 0. The second-order valence-electron chi connectivity index (χ2n) is 11.2. The minimum Gasteiger partial charge on any atom is -0.870 e. The first kappa shape index (κ1) is 35.5. The van der Waals surface area contributed by atoms with Crippen LogP contribution >= 0.6 is 7.60 Å². The number of likely N-dealkylation sites (tertiary alicyclic amines) is 1. The van der Waals surface area contributed by atoms with Gasteiger partial charge >= 0.3 is 7.60 Å². The number of hydrogen-bond donors (Lipinski definition) is 1. The Kier molecular flexibility index (Phi) is 19.3. The Morgan fingerprint density at radius 1 is 0.972 bits per heavy atom. The van der Waals surface area contributed by atoms with E-state index >= 15 is 0 Å². The molecule has 0 spiro atoms. The molecule has 1 saturated heterocycles. The Morgan fingerprint density at radius 2 is 1.47 bits per heavy atom. The monoisotopic (exact) mass is 536 g/mol. The van der Waals surface area contributed by atoms with Crippen molar-refractivity contribution in [1.82, 2.24) is 4.90 Å². The van der Waals surface area contributed by atoms with E-state index in [2.05, 4.69) is 6.92 Å². The minimum atomic E-state index is -3.45. The van der Waals surface area contributed by atoms with E-state index in [-0.39, 0.29) is 23.6 Å². The minimum absolute atomic E-state index is 0. The van der Waals surface area contributed by atoms with Gasteiger partial charge in [-0.1, -0.05) is 84.0 Å². The van der Waals surface area contributed by atoms with Gasteiger partial charge in [-0.3, -0.25) is 13.9 Å². The van der Waals surface area contributed by atoms with Crippen LogP contribution in [0.4, 0.5) is 0 Å². The summed E-state index contributed by atoms with van der Waals surface area (Å²) in [5.74, 6) is 0.144. The molecule has 0 aromatic rings. The third kappa shape index (κ3) is 13.9. The van der Waals surface area contributed by atoms with Crippen LogP contribution in [0.5, 0.6) is 0 Å². The summed E-state index contributed by atoms with van der Waals surface area (Å²) in [6.45, 7) is 3.12. The van der Waals surface area contributed by atoms with Crippen LogP contribution in [-0.2, 0) is 18.4 Å². The number of piperidine rings is 1. The van der Waals surface area contributed by atoms with Crippen LogP contribution in [0.3, 0.4) is 0 Å². The van der Waals surface area contributed by atoms with E-state index in [0.717, 1.165) is 19.3 Å². The summed E-state index contributed by atoms with van der Waals surface area (Å²) in [5, 5.41) is 9.73. The number of nitrogens with zero attached hydrogens (tertiary/aromatic N) is 2. The topological polar surface area (TPSA) is 106 Å². The number of amides is 1. The number of hydrogen-bond acceptors (Lipinski definition) is 6. The summed E-state index contributed by atoms with van der Waals surface area (Å²) >= 11 is 0. The van der Waals surface area contributed by atoms with Crippen molar-refractivity contribution in [3.8, 4) is 0 Å². The Hall–Kier alpha value is -0.500. The van der Waals surface area contributed by atoms with Gasteiger partial charge in [0.25, 0.3) is 0 Å². The number of likely N-dealkylation sites (N-methyl/N-ethyl adjacent to an activating group) is 1. The molecule has 8 nitrogen and oxygen atoms in total. The summed E-state index contributed by atoms with van der Waals surface area (Å²) in [5.41, 5.74) is -0.350. The molecule has 36 heavy (non-hydrogen) atoms. The van der Waals surface area contributed by atoms with Crippen molar-refractivity contribution in [3.63, 3.8) is 0 Å². The highest BCUT2D eigenvalue weighted by Gasteiger charge is 2.43. The summed E-state index contributed by atoms with van der Waals surface area (Å²) in [6.07, 6.45) is 18.2. The molecule has 1 aliphatic rings. The molecule has 0 aliphatic carbocycles. The maximum absolute atomic E-state index is 13.5. The third-order valence-electron chi connectivity index (χ3n) is 7.23. The van der Waals surface area contributed by atoms with Crippen molar-refractivity contribution in [2.45, 2.75) is 122 Å². The Labute approximate surface area is 221 Å². The highest BCUT2D eigenvalue weighted by Crippen LogP contribution is 2.56. The van der Waals surface area contributed by atoms with Gasteiger partial charge in [-0.25, -0.2) is 0 Å². The zero-order valence-corrected chi connectivity index (χ0v) is 24.9. The van der Waals surface area contributed by atoms with E-state index in [0.29, 0.717) is 30.4 Å². The van der Waals surface area contributed by atoms with Crippen LogP contribution in [0.25, 0.3) is 0 Å². The summed E-state index contributed by atoms with van der Waals surface area (Å²) < 4.78 is 25.1. The van der Waals surface area contributed by atoms with Gasteiger partial charge in [-0.15, -0.1) is 0 Å². The van der Waals surface area contributed by atoms with Crippen LogP contribution in [0.15, 0.2) is 0 Å². The fraction of sp³-hybridized carbons (Fsp3) is 0.963. The maximum atomic E-state index is 13.5. The molecule has 2 N–H and O–H groups in total. The Balaban J connectivity index is 0.0000122. The van der Waals surface area contributed by atoms with E-state index in [9.17, 15) is 14.5 Å². The van der Waals surface area contributed by atoms with Crippen molar-refractivity contribution in [2.75, 3.05) is 47.9 Å². The third-order valence-corrected chi connectivity index (χ3v) is 9.60. The molecule has 1 heterocycles. The van der Waals surface area contributed by atoms with Gasteiger partial charge in [0.15, 0.2) is 0 Å². The SMILES string of the molecule is CCCCCCCCCCCCCCCC(=O)N1CCCC(P(=O)(OC)OC(CO)[N+](C)(C)C)C1.[OH-]. The quantitative estimate of drug-likeness (QED) is 0.0864. The Morgan fingerprint density at radius 3 is 1.92 bits per heavy atom. The zero-order valence-electron chi connectivity index (χ0n) is 24.0. The smallest absolute Gasteiger partial charge is 0.339 e. The molecule has 0 saturated carbocycles. The lowest BCUT2D eigenvalue weighted by molar-refractivity contribution is -0.916. The van der Waals surface area contributed by atoms with E-state index in [1.165, 1.54) is 77.7 Å². The number of carbonyl (C=O) groups excluding carboxylic acids is 1. The molecule has 3 atom stereocenters. The van der Waals surface area contributed by atoms with E-state index in [1.54, 1.807) is 0 Å². The fourth-order valence-corrected chi connectivity index (χ4v) is 6.90. The number of unbranched alkanes of at least 4 members (excludes halogenated alkanes) is 12. The van der Waals surface area contributed by atoms with Crippen LogP contribution in [0.2, 0.25) is 0 Å². The van der Waals surface area contributed by atoms with E-state index in [1.807, 2.05) is 26.0 Å². The van der Waals surface area contributed by atoms with Gasteiger partial charge in [-0.05, 0) is 19.3 Å². The van der Waals surface area contributed by atoms with Crippen molar-refractivity contribution >= 4 is 13.5 Å².